The molecule has 1 aromatic carbocycles. The molecule has 4 nitrogen and oxygen atoms in total. The Morgan fingerprint density at radius 3 is 2.43 bits per heavy atom. The Balaban J connectivity index is 3.21. The van der Waals surface area contributed by atoms with Gasteiger partial charge in [0.15, 0.2) is 0 Å². The fraction of sp³-hybridized carbons (Fsp3) is 0.143. The molecule has 0 spiro atoms. The zero-order chi connectivity index (χ0) is 10.9. The van der Waals surface area contributed by atoms with E-state index < -0.39 is 7.59 Å². The molecule has 78 valence electrons. The Labute approximate surface area is 99.4 Å². The summed E-state index contributed by atoms with van der Waals surface area (Å²) in [7, 11) is -1.65. The number of hydrogen-bond donors (Lipinski definition) is 2. The zero-order valence-corrected chi connectivity index (χ0v) is 11.5. The molecule has 0 bridgehead atoms. The molecule has 0 amide bonds. The molecule has 1 rings (SSSR count). The molecule has 0 unspecified atom stereocenters. The van der Waals surface area contributed by atoms with E-state index in [4.69, 9.17) is 11.0 Å². The number of nitrogens with two attached hydrogens (primary N) is 2. The van der Waals surface area contributed by atoms with Gasteiger partial charge in [-0.3, -0.25) is 15.6 Å². The second-order valence-electron chi connectivity index (χ2n) is 2.77. The van der Waals surface area contributed by atoms with Crippen molar-refractivity contribution in [1.82, 2.24) is 0 Å². The van der Waals surface area contributed by atoms with Gasteiger partial charge in [-0.25, -0.2) is 0 Å². The number of anilines is 1. The Morgan fingerprint density at radius 1 is 1.36 bits per heavy atom. The van der Waals surface area contributed by atoms with E-state index in [2.05, 4.69) is 31.9 Å². The largest absolute Gasteiger partial charge is 0.302 e. The molecule has 0 saturated carbocycles. The van der Waals surface area contributed by atoms with Crippen LogP contribution in [0.5, 0.6) is 0 Å². The van der Waals surface area contributed by atoms with Gasteiger partial charge in [0.05, 0.1) is 10.2 Å². The highest BCUT2D eigenvalue weighted by Crippen LogP contribution is 2.41. The van der Waals surface area contributed by atoms with Gasteiger partial charge in [0.2, 0.25) is 0 Å². The first-order chi connectivity index (χ1) is 6.34. The molecule has 0 aliphatic carbocycles. The third-order valence-corrected chi connectivity index (χ3v) is 4.93. The van der Waals surface area contributed by atoms with Crippen molar-refractivity contribution in [3.05, 3.63) is 27.1 Å². The van der Waals surface area contributed by atoms with E-state index in [9.17, 15) is 4.57 Å². The predicted octanol–water partition coefficient (Wildman–Crippen LogP) is 2.67. The fourth-order valence-corrected chi connectivity index (χ4v) is 2.44. The maximum Gasteiger partial charge on any atom is 0.300 e. The highest BCUT2D eigenvalue weighted by molar-refractivity contribution is 9.13. The standard InChI is InChI=1S/C7H10Br2N3OP/c1-12(14(10,11)13)6-4-2-3-5(8)7(6)9/h2-4H,1H3,(H4,10,11,13). The lowest BCUT2D eigenvalue weighted by Gasteiger charge is -2.24. The molecule has 14 heavy (non-hydrogen) atoms. The van der Waals surface area contributed by atoms with E-state index in [0.29, 0.717) is 5.69 Å². The minimum absolute atomic E-state index is 0.688. The van der Waals surface area contributed by atoms with Crippen LogP contribution in [0.25, 0.3) is 0 Å². The molecular formula is C7H10Br2N3OP. The monoisotopic (exact) mass is 341 g/mol. The number of hydrogen-bond acceptors (Lipinski definition) is 1. The SMILES string of the molecule is CN(c1cccc(Br)c1Br)P(N)(N)=O. The maximum absolute atomic E-state index is 11.4. The zero-order valence-electron chi connectivity index (χ0n) is 7.45. The first-order valence-corrected chi connectivity index (χ1v) is 7.08. The normalized spacial score (nSPS) is 11.5. The summed E-state index contributed by atoms with van der Waals surface area (Å²) in [5.74, 6) is 0. The predicted molar refractivity (Wildman–Crippen MR) is 66.2 cm³/mol. The summed E-state index contributed by atoms with van der Waals surface area (Å²) in [5, 5.41) is 0. The summed E-state index contributed by atoms with van der Waals surface area (Å²) < 4.78 is 14.4. The quantitative estimate of drug-likeness (QED) is 0.810. The second-order valence-corrected chi connectivity index (χ2v) is 6.36. The van der Waals surface area contributed by atoms with E-state index in [1.54, 1.807) is 13.1 Å². The molecule has 0 aliphatic rings. The summed E-state index contributed by atoms with van der Waals surface area (Å²) in [6.07, 6.45) is 0. The van der Waals surface area contributed by atoms with Crippen molar-refractivity contribution in [3.8, 4) is 0 Å². The van der Waals surface area contributed by atoms with Crippen molar-refractivity contribution >= 4 is 45.1 Å². The van der Waals surface area contributed by atoms with Gasteiger partial charge in [-0.2, -0.15) is 0 Å². The van der Waals surface area contributed by atoms with Gasteiger partial charge >= 0.3 is 0 Å². The maximum atomic E-state index is 11.4. The minimum Gasteiger partial charge on any atom is -0.302 e. The van der Waals surface area contributed by atoms with Gasteiger partial charge in [-0.05, 0) is 44.0 Å². The van der Waals surface area contributed by atoms with Crippen LogP contribution in [0.3, 0.4) is 0 Å². The van der Waals surface area contributed by atoms with Gasteiger partial charge in [-0.15, -0.1) is 0 Å². The van der Waals surface area contributed by atoms with Gasteiger partial charge in [-0.1, -0.05) is 6.07 Å². The van der Waals surface area contributed by atoms with Crippen molar-refractivity contribution < 1.29 is 4.57 Å². The van der Waals surface area contributed by atoms with Gasteiger partial charge < -0.3 is 4.67 Å². The van der Waals surface area contributed by atoms with Crippen LogP contribution >= 0.6 is 39.5 Å². The lowest BCUT2D eigenvalue weighted by molar-refractivity contribution is 0.575. The Kier molecular flexibility index (Phi) is 3.77. The Hall–Kier alpha value is 0.130. The third-order valence-electron chi connectivity index (χ3n) is 1.75. The van der Waals surface area contributed by atoms with Crippen LogP contribution in [0.15, 0.2) is 27.1 Å². The number of nitrogens with zero attached hydrogens (tertiary/aromatic N) is 1. The summed E-state index contributed by atoms with van der Waals surface area (Å²) >= 11 is 6.69. The molecule has 0 atom stereocenters. The van der Waals surface area contributed by atoms with E-state index in [-0.39, 0.29) is 0 Å². The average molecular weight is 343 g/mol. The van der Waals surface area contributed by atoms with Crippen molar-refractivity contribution in [2.24, 2.45) is 11.0 Å². The van der Waals surface area contributed by atoms with E-state index in [1.807, 2.05) is 12.1 Å². The van der Waals surface area contributed by atoms with Crippen molar-refractivity contribution in [2.45, 2.75) is 0 Å². The molecule has 0 aromatic heterocycles. The molecular weight excluding hydrogens is 333 g/mol. The highest BCUT2D eigenvalue weighted by Gasteiger charge is 2.19. The van der Waals surface area contributed by atoms with Gasteiger partial charge in [0.25, 0.3) is 7.59 Å². The molecule has 0 saturated heterocycles. The number of halogens is 2. The van der Waals surface area contributed by atoms with Crippen molar-refractivity contribution in [3.63, 3.8) is 0 Å². The van der Waals surface area contributed by atoms with Crippen LogP contribution < -0.4 is 15.7 Å². The van der Waals surface area contributed by atoms with Gasteiger partial charge in [0, 0.05) is 11.5 Å². The van der Waals surface area contributed by atoms with Crippen LogP contribution in [0.2, 0.25) is 0 Å². The van der Waals surface area contributed by atoms with Gasteiger partial charge in [0.1, 0.15) is 0 Å². The van der Waals surface area contributed by atoms with Crippen LogP contribution in [0.4, 0.5) is 5.69 Å². The first-order valence-electron chi connectivity index (χ1n) is 3.69. The van der Waals surface area contributed by atoms with E-state index in [1.165, 1.54) is 4.67 Å². The second kappa shape index (κ2) is 4.33. The summed E-state index contributed by atoms with van der Waals surface area (Å²) in [6, 6.07) is 5.46. The van der Waals surface area contributed by atoms with Crippen molar-refractivity contribution in [2.75, 3.05) is 11.7 Å². The number of rotatable bonds is 2. The lowest BCUT2D eigenvalue weighted by atomic mass is 10.3. The minimum atomic E-state index is -3.24. The molecule has 4 N–H and O–H groups in total. The van der Waals surface area contributed by atoms with Crippen LogP contribution in [0, 0.1) is 0 Å². The Morgan fingerprint density at radius 2 is 1.93 bits per heavy atom. The molecule has 0 heterocycles. The van der Waals surface area contributed by atoms with Crippen molar-refractivity contribution in [1.29, 1.82) is 0 Å². The summed E-state index contributed by atoms with van der Waals surface area (Å²) in [4.78, 5) is 0. The summed E-state index contributed by atoms with van der Waals surface area (Å²) in [5.41, 5.74) is 11.4. The topological polar surface area (TPSA) is 72.3 Å². The first kappa shape index (κ1) is 12.2. The molecule has 7 heteroatoms. The molecule has 0 radical (unpaired) electrons. The number of benzene rings is 1. The highest BCUT2D eigenvalue weighted by atomic mass is 79.9. The lowest BCUT2D eigenvalue weighted by Crippen LogP contribution is -2.24. The fourth-order valence-electron chi connectivity index (χ4n) is 0.911. The Bertz CT molecular complexity index is 393. The van der Waals surface area contributed by atoms with E-state index >= 15 is 0 Å². The summed E-state index contributed by atoms with van der Waals surface area (Å²) in [6.45, 7) is 0. The molecule has 0 fully saturated rings. The molecule has 0 aliphatic heterocycles. The average Bonchev–Trinajstić information content (AvgIpc) is 2.07. The molecule has 1 aromatic rings. The van der Waals surface area contributed by atoms with Crippen LogP contribution in [-0.4, -0.2) is 7.05 Å². The smallest absolute Gasteiger partial charge is 0.300 e. The van der Waals surface area contributed by atoms with Crippen LogP contribution in [-0.2, 0) is 4.57 Å². The van der Waals surface area contributed by atoms with E-state index in [0.717, 1.165) is 8.95 Å². The third kappa shape index (κ3) is 2.58. The van der Waals surface area contributed by atoms with Crippen LogP contribution in [0.1, 0.15) is 0 Å².